The van der Waals surface area contributed by atoms with Crippen molar-refractivity contribution >= 4 is 11.3 Å². The number of hydrogen-bond donors (Lipinski definition) is 1. The molecule has 72 valence electrons. The molecule has 3 nitrogen and oxygen atoms in total. The molecule has 1 aromatic rings. The quantitative estimate of drug-likeness (QED) is 0.786. The molecule has 13 heavy (non-hydrogen) atoms. The lowest BCUT2D eigenvalue weighted by Gasteiger charge is -2.41. The molecular weight excluding hydrogens is 184 g/mol. The fourth-order valence-electron chi connectivity index (χ4n) is 1.53. The van der Waals surface area contributed by atoms with E-state index in [-0.39, 0.29) is 5.60 Å². The van der Waals surface area contributed by atoms with Crippen LogP contribution in [-0.4, -0.2) is 30.8 Å². The van der Waals surface area contributed by atoms with E-state index in [1.54, 1.807) is 18.4 Å². The van der Waals surface area contributed by atoms with Crippen molar-refractivity contribution < 1.29 is 4.74 Å². The average Bonchev–Trinajstić information content (AvgIpc) is 2.44. The number of aromatic nitrogens is 1. The van der Waals surface area contributed by atoms with Gasteiger partial charge in [-0.05, 0) is 6.92 Å². The first-order valence-electron chi connectivity index (χ1n) is 4.41. The van der Waals surface area contributed by atoms with Gasteiger partial charge >= 0.3 is 0 Å². The molecule has 1 aromatic heterocycles. The number of rotatable bonds is 3. The summed E-state index contributed by atoms with van der Waals surface area (Å²) in [5, 5.41) is 3.24. The number of thiazole rings is 1. The van der Waals surface area contributed by atoms with E-state index in [1.165, 1.54) is 4.88 Å². The maximum absolute atomic E-state index is 5.52. The Morgan fingerprint density at radius 3 is 2.85 bits per heavy atom. The summed E-state index contributed by atoms with van der Waals surface area (Å²) in [4.78, 5) is 5.59. The highest BCUT2D eigenvalue weighted by Gasteiger charge is 2.37. The van der Waals surface area contributed by atoms with Crippen molar-refractivity contribution in [1.82, 2.24) is 10.3 Å². The molecule has 2 heterocycles. The van der Waals surface area contributed by atoms with Gasteiger partial charge in [0.15, 0.2) is 0 Å². The van der Waals surface area contributed by atoms with Gasteiger partial charge in [-0.1, -0.05) is 0 Å². The highest BCUT2D eigenvalue weighted by molar-refractivity contribution is 7.09. The zero-order valence-electron chi connectivity index (χ0n) is 7.96. The molecule has 0 aliphatic carbocycles. The number of aryl methyl sites for hydroxylation is 1. The van der Waals surface area contributed by atoms with E-state index < -0.39 is 0 Å². The number of methoxy groups -OCH3 is 1. The molecule has 1 N–H and O–H groups in total. The lowest BCUT2D eigenvalue weighted by atomic mass is 9.91. The first kappa shape index (κ1) is 9.12. The fraction of sp³-hybridized carbons (Fsp3) is 0.667. The lowest BCUT2D eigenvalue weighted by molar-refractivity contribution is -0.0497. The third-order valence-corrected chi connectivity index (χ3v) is 3.59. The summed E-state index contributed by atoms with van der Waals surface area (Å²) in [5.41, 5.74) is 3.09. The molecular formula is C9H14N2OS. The molecule has 0 radical (unpaired) electrons. The standard InChI is InChI=1S/C9H14N2OS/c1-7-8(13-6-11-7)3-9(12-2)4-10-5-9/h6,10H,3-5H2,1-2H3. The van der Waals surface area contributed by atoms with Crippen LogP contribution in [0.15, 0.2) is 5.51 Å². The van der Waals surface area contributed by atoms with Crippen molar-refractivity contribution in [2.75, 3.05) is 20.2 Å². The third-order valence-electron chi connectivity index (χ3n) is 2.65. The van der Waals surface area contributed by atoms with E-state index in [4.69, 9.17) is 4.74 Å². The molecule has 2 rings (SSSR count). The molecule has 0 saturated carbocycles. The Hall–Kier alpha value is -0.450. The van der Waals surface area contributed by atoms with E-state index in [9.17, 15) is 0 Å². The number of hydrogen-bond acceptors (Lipinski definition) is 4. The summed E-state index contributed by atoms with van der Waals surface area (Å²) in [5.74, 6) is 0. The minimum absolute atomic E-state index is 0.0390. The predicted octanol–water partition coefficient (Wildman–Crippen LogP) is 0.982. The molecule has 0 bridgehead atoms. The minimum Gasteiger partial charge on any atom is -0.375 e. The maximum atomic E-state index is 5.52. The number of ether oxygens (including phenoxy) is 1. The first-order chi connectivity index (χ1) is 6.26. The molecule has 4 heteroatoms. The van der Waals surface area contributed by atoms with E-state index in [1.807, 2.05) is 5.51 Å². The zero-order valence-corrected chi connectivity index (χ0v) is 8.78. The molecule has 1 aliphatic rings. The predicted molar refractivity (Wildman–Crippen MR) is 53.2 cm³/mol. The van der Waals surface area contributed by atoms with E-state index in [0.29, 0.717) is 0 Å². The van der Waals surface area contributed by atoms with E-state index in [2.05, 4.69) is 17.2 Å². The van der Waals surface area contributed by atoms with Crippen LogP contribution in [0, 0.1) is 6.92 Å². The third kappa shape index (κ3) is 1.61. The van der Waals surface area contributed by atoms with Crippen molar-refractivity contribution in [1.29, 1.82) is 0 Å². The molecule has 0 amide bonds. The monoisotopic (exact) mass is 198 g/mol. The van der Waals surface area contributed by atoms with Gasteiger partial charge in [0, 0.05) is 31.5 Å². The van der Waals surface area contributed by atoms with Crippen LogP contribution < -0.4 is 5.32 Å². The van der Waals surface area contributed by atoms with Gasteiger partial charge in [0.25, 0.3) is 0 Å². The van der Waals surface area contributed by atoms with E-state index >= 15 is 0 Å². The second kappa shape index (κ2) is 3.36. The summed E-state index contributed by atoms with van der Waals surface area (Å²) in [6, 6.07) is 0. The van der Waals surface area contributed by atoms with Crippen LogP contribution >= 0.6 is 11.3 Å². The Morgan fingerprint density at radius 2 is 2.46 bits per heavy atom. The van der Waals surface area contributed by atoms with Crippen molar-refractivity contribution in [3.63, 3.8) is 0 Å². The van der Waals surface area contributed by atoms with Crippen LogP contribution in [0.25, 0.3) is 0 Å². The fourth-order valence-corrected chi connectivity index (χ4v) is 2.44. The summed E-state index contributed by atoms with van der Waals surface area (Å²) < 4.78 is 5.52. The Labute approximate surface area is 82.1 Å². The van der Waals surface area contributed by atoms with Crippen molar-refractivity contribution in [2.45, 2.75) is 18.9 Å². The Bertz CT molecular complexity index is 288. The lowest BCUT2D eigenvalue weighted by Crippen LogP contribution is -2.61. The zero-order chi connectivity index (χ0) is 9.31. The SMILES string of the molecule is COC1(Cc2scnc2C)CNC1. The Morgan fingerprint density at radius 1 is 1.69 bits per heavy atom. The molecule has 1 saturated heterocycles. The van der Waals surface area contributed by atoms with Gasteiger partial charge in [-0.25, -0.2) is 4.98 Å². The van der Waals surface area contributed by atoms with Gasteiger partial charge in [0.1, 0.15) is 0 Å². The average molecular weight is 198 g/mol. The smallest absolute Gasteiger partial charge is 0.0974 e. The van der Waals surface area contributed by atoms with Crippen LogP contribution in [0.3, 0.4) is 0 Å². The van der Waals surface area contributed by atoms with Crippen molar-refractivity contribution in [2.24, 2.45) is 0 Å². The molecule has 0 spiro atoms. The van der Waals surface area contributed by atoms with Gasteiger partial charge in [0.05, 0.1) is 16.8 Å². The Balaban J connectivity index is 2.08. The van der Waals surface area contributed by atoms with Crippen LogP contribution in [0.2, 0.25) is 0 Å². The van der Waals surface area contributed by atoms with Gasteiger partial charge in [0.2, 0.25) is 0 Å². The minimum atomic E-state index is 0.0390. The number of nitrogens with one attached hydrogen (secondary N) is 1. The first-order valence-corrected chi connectivity index (χ1v) is 5.28. The second-order valence-electron chi connectivity index (χ2n) is 3.53. The second-order valence-corrected chi connectivity index (χ2v) is 4.47. The molecule has 0 atom stereocenters. The van der Waals surface area contributed by atoms with Crippen LogP contribution in [-0.2, 0) is 11.2 Å². The maximum Gasteiger partial charge on any atom is 0.0974 e. The van der Waals surface area contributed by atoms with Crippen LogP contribution in [0.4, 0.5) is 0 Å². The summed E-state index contributed by atoms with van der Waals surface area (Å²) >= 11 is 1.72. The van der Waals surface area contributed by atoms with Gasteiger partial charge < -0.3 is 10.1 Å². The molecule has 1 fully saturated rings. The Kier molecular flexibility index (Phi) is 2.36. The van der Waals surface area contributed by atoms with Gasteiger partial charge in [-0.2, -0.15) is 0 Å². The number of nitrogens with zero attached hydrogens (tertiary/aromatic N) is 1. The summed E-state index contributed by atoms with van der Waals surface area (Å²) in [6.45, 7) is 3.98. The van der Waals surface area contributed by atoms with Gasteiger partial charge in [-0.3, -0.25) is 0 Å². The largest absolute Gasteiger partial charge is 0.375 e. The highest BCUT2D eigenvalue weighted by Crippen LogP contribution is 2.25. The molecule has 0 unspecified atom stereocenters. The topological polar surface area (TPSA) is 34.1 Å². The van der Waals surface area contributed by atoms with Crippen LogP contribution in [0.1, 0.15) is 10.6 Å². The van der Waals surface area contributed by atoms with Crippen LogP contribution in [0.5, 0.6) is 0 Å². The van der Waals surface area contributed by atoms with Gasteiger partial charge in [-0.15, -0.1) is 11.3 Å². The van der Waals surface area contributed by atoms with Crippen molar-refractivity contribution in [3.05, 3.63) is 16.1 Å². The normalized spacial score (nSPS) is 19.8. The van der Waals surface area contributed by atoms with Crippen molar-refractivity contribution in [3.8, 4) is 0 Å². The van der Waals surface area contributed by atoms with E-state index in [0.717, 1.165) is 25.2 Å². The molecule has 0 aromatic carbocycles. The highest BCUT2D eigenvalue weighted by atomic mass is 32.1. The summed E-state index contributed by atoms with van der Waals surface area (Å²) in [7, 11) is 1.79. The molecule has 1 aliphatic heterocycles. The summed E-state index contributed by atoms with van der Waals surface area (Å²) in [6.07, 6.45) is 0.993.